The fraction of sp³-hybridized carbons (Fsp3) is 0.300. The van der Waals surface area contributed by atoms with Gasteiger partial charge in [0.15, 0.2) is 0 Å². The highest BCUT2D eigenvalue weighted by atomic mass is 32.2. The molecule has 9 heteroatoms. The molecule has 1 aliphatic rings. The fourth-order valence-electron chi connectivity index (χ4n) is 3.37. The molecule has 1 N–H and O–H groups in total. The van der Waals surface area contributed by atoms with Crippen molar-refractivity contribution in [3.05, 3.63) is 64.6 Å². The first kappa shape index (κ1) is 19.8. The summed E-state index contributed by atoms with van der Waals surface area (Å²) < 4.78 is 28.8. The zero-order chi connectivity index (χ0) is 20.3. The summed E-state index contributed by atoms with van der Waals surface area (Å²) in [4.78, 5) is 13.0. The molecule has 0 atom stereocenters. The molecular weight excluding hydrogens is 408 g/mol. The Hall–Kier alpha value is -2.49. The third kappa shape index (κ3) is 4.26. The molecular formula is C20H22N4O3S2. The standard InChI is InChI=1S/C20H22N4O3S2/c25-20(19-18(9-15-28-19)29(26,27)23-12-1-2-13-23)21-11-8-16-4-6-17(7-5-16)24-14-3-10-22-24/h3-7,9-10,14-15H,1-2,8,11-13H2,(H,21,25). The maximum absolute atomic E-state index is 12.8. The summed E-state index contributed by atoms with van der Waals surface area (Å²) in [7, 11) is -3.60. The Labute approximate surface area is 174 Å². The normalized spacial score (nSPS) is 14.9. The van der Waals surface area contributed by atoms with Crippen LogP contribution in [0.3, 0.4) is 0 Å². The SMILES string of the molecule is O=C(NCCc1ccc(-n2cccn2)cc1)c1sccc1S(=O)(=O)N1CCCC1. The van der Waals surface area contributed by atoms with E-state index in [1.54, 1.807) is 16.3 Å². The number of amides is 1. The van der Waals surface area contributed by atoms with E-state index in [1.165, 1.54) is 10.4 Å². The number of rotatable bonds is 7. The van der Waals surface area contributed by atoms with Gasteiger partial charge in [0.2, 0.25) is 10.0 Å². The summed E-state index contributed by atoms with van der Waals surface area (Å²) in [6, 6.07) is 11.3. The van der Waals surface area contributed by atoms with Crippen molar-refractivity contribution in [1.82, 2.24) is 19.4 Å². The van der Waals surface area contributed by atoms with Crippen molar-refractivity contribution in [3.8, 4) is 5.69 Å². The molecule has 0 saturated carbocycles. The van der Waals surface area contributed by atoms with Gasteiger partial charge >= 0.3 is 0 Å². The third-order valence-corrected chi connectivity index (χ3v) is 7.91. The molecule has 1 aliphatic heterocycles. The van der Waals surface area contributed by atoms with E-state index in [-0.39, 0.29) is 15.7 Å². The number of hydrogen-bond acceptors (Lipinski definition) is 5. The van der Waals surface area contributed by atoms with Crippen LogP contribution in [0.15, 0.2) is 59.1 Å². The number of carbonyl (C=O) groups is 1. The molecule has 1 saturated heterocycles. The number of sulfonamides is 1. The minimum absolute atomic E-state index is 0.116. The smallest absolute Gasteiger partial charge is 0.262 e. The second-order valence-electron chi connectivity index (χ2n) is 6.85. The topological polar surface area (TPSA) is 84.3 Å². The van der Waals surface area contributed by atoms with Crippen LogP contribution in [0.5, 0.6) is 0 Å². The van der Waals surface area contributed by atoms with Crippen molar-refractivity contribution in [2.75, 3.05) is 19.6 Å². The van der Waals surface area contributed by atoms with E-state index in [2.05, 4.69) is 10.4 Å². The zero-order valence-electron chi connectivity index (χ0n) is 15.8. The second kappa shape index (κ2) is 8.48. The minimum Gasteiger partial charge on any atom is -0.351 e. The zero-order valence-corrected chi connectivity index (χ0v) is 17.5. The molecule has 1 amide bonds. The number of nitrogens with zero attached hydrogens (tertiary/aromatic N) is 3. The largest absolute Gasteiger partial charge is 0.351 e. The van der Waals surface area contributed by atoms with Gasteiger partial charge in [-0.1, -0.05) is 12.1 Å². The summed E-state index contributed by atoms with van der Waals surface area (Å²) >= 11 is 1.16. The van der Waals surface area contributed by atoms with Crippen molar-refractivity contribution in [3.63, 3.8) is 0 Å². The van der Waals surface area contributed by atoms with Crippen LogP contribution in [0.1, 0.15) is 28.1 Å². The molecule has 0 aliphatic carbocycles. The second-order valence-corrected chi connectivity index (χ2v) is 9.67. The first-order valence-corrected chi connectivity index (χ1v) is 11.8. The van der Waals surface area contributed by atoms with E-state index in [9.17, 15) is 13.2 Å². The molecule has 0 radical (unpaired) electrons. The number of hydrogen-bond donors (Lipinski definition) is 1. The van der Waals surface area contributed by atoms with Gasteiger partial charge in [-0.15, -0.1) is 11.3 Å². The van der Waals surface area contributed by atoms with E-state index in [0.29, 0.717) is 26.1 Å². The lowest BCUT2D eigenvalue weighted by Gasteiger charge is -2.15. The van der Waals surface area contributed by atoms with E-state index in [4.69, 9.17) is 0 Å². The van der Waals surface area contributed by atoms with Gasteiger partial charge in [-0.3, -0.25) is 4.79 Å². The van der Waals surface area contributed by atoms with Crippen LogP contribution in [0.25, 0.3) is 5.69 Å². The Bertz CT molecular complexity index is 1070. The summed E-state index contributed by atoms with van der Waals surface area (Å²) in [5, 5.41) is 8.70. The van der Waals surface area contributed by atoms with Crippen LogP contribution >= 0.6 is 11.3 Å². The molecule has 29 heavy (non-hydrogen) atoms. The summed E-state index contributed by atoms with van der Waals surface area (Å²) in [5.74, 6) is -0.342. The van der Waals surface area contributed by atoms with E-state index in [0.717, 1.165) is 35.4 Å². The molecule has 3 heterocycles. The Morgan fingerprint density at radius 1 is 1.14 bits per heavy atom. The summed E-state index contributed by atoms with van der Waals surface area (Å²) in [6.07, 6.45) is 6.00. The predicted octanol–water partition coefficient (Wildman–Crippen LogP) is 2.69. The highest BCUT2D eigenvalue weighted by Gasteiger charge is 2.31. The molecule has 4 rings (SSSR count). The third-order valence-electron chi connectivity index (χ3n) is 4.92. The average molecular weight is 431 g/mol. The van der Waals surface area contributed by atoms with E-state index < -0.39 is 10.0 Å². The van der Waals surface area contributed by atoms with Crippen LogP contribution in [0.2, 0.25) is 0 Å². The molecule has 0 bridgehead atoms. The molecule has 7 nitrogen and oxygen atoms in total. The Kier molecular flexibility index (Phi) is 5.79. The van der Waals surface area contributed by atoms with Gasteiger partial charge in [0, 0.05) is 32.0 Å². The van der Waals surface area contributed by atoms with Gasteiger partial charge in [0.05, 0.1) is 5.69 Å². The molecule has 1 fully saturated rings. The van der Waals surface area contributed by atoms with Crippen molar-refractivity contribution in [2.24, 2.45) is 0 Å². The lowest BCUT2D eigenvalue weighted by atomic mass is 10.1. The van der Waals surface area contributed by atoms with Crippen molar-refractivity contribution < 1.29 is 13.2 Å². The highest BCUT2D eigenvalue weighted by molar-refractivity contribution is 7.89. The minimum atomic E-state index is -3.60. The Morgan fingerprint density at radius 3 is 2.59 bits per heavy atom. The monoisotopic (exact) mass is 430 g/mol. The van der Waals surface area contributed by atoms with Crippen molar-refractivity contribution in [1.29, 1.82) is 0 Å². The number of benzene rings is 1. The van der Waals surface area contributed by atoms with Crippen molar-refractivity contribution in [2.45, 2.75) is 24.2 Å². The van der Waals surface area contributed by atoms with Gasteiger partial charge in [-0.05, 0) is 54.5 Å². The van der Waals surface area contributed by atoms with Crippen LogP contribution in [0, 0.1) is 0 Å². The quantitative estimate of drug-likeness (QED) is 0.625. The molecule has 0 unspecified atom stereocenters. The Balaban J connectivity index is 1.37. The van der Waals surface area contributed by atoms with Gasteiger partial charge < -0.3 is 5.32 Å². The van der Waals surface area contributed by atoms with Crippen LogP contribution in [-0.2, 0) is 16.4 Å². The van der Waals surface area contributed by atoms with Gasteiger partial charge in [0.1, 0.15) is 9.77 Å². The molecule has 2 aromatic heterocycles. The van der Waals surface area contributed by atoms with E-state index in [1.807, 2.05) is 36.5 Å². The van der Waals surface area contributed by atoms with Crippen LogP contribution in [-0.4, -0.2) is 48.0 Å². The molecule has 0 spiro atoms. The van der Waals surface area contributed by atoms with Gasteiger partial charge in [-0.2, -0.15) is 9.40 Å². The number of nitrogens with one attached hydrogen (secondary N) is 1. The summed E-state index contributed by atoms with van der Waals surface area (Å²) in [5.41, 5.74) is 2.05. The number of aromatic nitrogens is 2. The maximum atomic E-state index is 12.8. The first-order chi connectivity index (χ1) is 14.1. The average Bonchev–Trinajstić information content (AvgIpc) is 3.51. The maximum Gasteiger partial charge on any atom is 0.262 e. The van der Waals surface area contributed by atoms with E-state index >= 15 is 0 Å². The fourth-order valence-corrected chi connectivity index (χ4v) is 6.21. The number of carbonyl (C=O) groups excluding carboxylic acids is 1. The van der Waals surface area contributed by atoms with Crippen LogP contribution in [0.4, 0.5) is 0 Å². The molecule has 1 aromatic carbocycles. The highest BCUT2D eigenvalue weighted by Crippen LogP contribution is 2.27. The lowest BCUT2D eigenvalue weighted by Crippen LogP contribution is -2.31. The van der Waals surface area contributed by atoms with Gasteiger partial charge in [0.25, 0.3) is 5.91 Å². The van der Waals surface area contributed by atoms with Crippen molar-refractivity contribution >= 4 is 27.3 Å². The summed E-state index contributed by atoms with van der Waals surface area (Å²) in [6.45, 7) is 1.47. The molecule has 3 aromatic rings. The number of thiophene rings is 1. The Morgan fingerprint density at radius 2 is 1.90 bits per heavy atom. The van der Waals surface area contributed by atoms with Crippen LogP contribution < -0.4 is 5.32 Å². The predicted molar refractivity (Wildman–Crippen MR) is 112 cm³/mol. The first-order valence-electron chi connectivity index (χ1n) is 9.50. The molecule has 152 valence electrons. The van der Waals surface area contributed by atoms with Gasteiger partial charge in [-0.25, -0.2) is 13.1 Å². The lowest BCUT2D eigenvalue weighted by molar-refractivity contribution is 0.0955.